The molecular weight excluding hydrogens is 172 g/mol. The maximum absolute atomic E-state index is 8.40. The summed E-state index contributed by atoms with van der Waals surface area (Å²) in [6, 6.07) is 0. The SMILES string of the molecule is Cl.NC(N)=NN=C(CO)CO. The van der Waals surface area contributed by atoms with Crippen molar-refractivity contribution in [2.45, 2.75) is 0 Å². The van der Waals surface area contributed by atoms with Crippen LogP contribution in [0.3, 0.4) is 0 Å². The summed E-state index contributed by atoms with van der Waals surface area (Å²) in [4.78, 5) is 0. The predicted molar refractivity (Wildman–Crippen MR) is 44.7 cm³/mol. The van der Waals surface area contributed by atoms with Gasteiger partial charge in [-0.2, -0.15) is 5.10 Å². The van der Waals surface area contributed by atoms with Crippen LogP contribution < -0.4 is 11.5 Å². The maximum Gasteiger partial charge on any atom is 0.211 e. The van der Waals surface area contributed by atoms with Gasteiger partial charge in [0.2, 0.25) is 5.96 Å². The lowest BCUT2D eigenvalue weighted by molar-refractivity contribution is 0.319. The number of hydrogen-bond donors (Lipinski definition) is 4. The fourth-order valence-electron chi connectivity index (χ4n) is 0.242. The van der Waals surface area contributed by atoms with Crippen LogP contribution in [0.15, 0.2) is 10.2 Å². The van der Waals surface area contributed by atoms with Gasteiger partial charge in [0.05, 0.1) is 18.9 Å². The Kier molecular flexibility index (Phi) is 8.44. The van der Waals surface area contributed by atoms with E-state index in [1.165, 1.54) is 0 Å². The van der Waals surface area contributed by atoms with Crippen LogP contribution in [-0.4, -0.2) is 35.1 Å². The molecule has 0 amide bonds. The fourth-order valence-corrected chi connectivity index (χ4v) is 0.242. The highest BCUT2D eigenvalue weighted by molar-refractivity contribution is 5.87. The van der Waals surface area contributed by atoms with E-state index in [0.717, 1.165) is 0 Å². The lowest BCUT2D eigenvalue weighted by Gasteiger charge is -1.92. The summed E-state index contributed by atoms with van der Waals surface area (Å²) >= 11 is 0. The molecule has 6 N–H and O–H groups in total. The predicted octanol–water partition coefficient (Wildman–Crippen LogP) is -1.98. The van der Waals surface area contributed by atoms with Gasteiger partial charge in [-0.25, -0.2) is 0 Å². The molecule has 0 aromatic rings. The molecule has 0 heterocycles. The second kappa shape index (κ2) is 7.26. The molecular formula is C4H11ClN4O2. The Balaban J connectivity index is 0. The van der Waals surface area contributed by atoms with Gasteiger partial charge in [0, 0.05) is 0 Å². The smallest absolute Gasteiger partial charge is 0.211 e. The van der Waals surface area contributed by atoms with E-state index >= 15 is 0 Å². The Bertz CT molecular complexity index is 148. The van der Waals surface area contributed by atoms with Gasteiger partial charge in [0.1, 0.15) is 0 Å². The summed E-state index contributed by atoms with van der Waals surface area (Å²) in [5.41, 5.74) is 9.93. The molecule has 0 unspecified atom stereocenters. The van der Waals surface area contributed by atoms with Crippen molar-refractivity contribution in [1.82, 2.24) is 0 Å². The molecule has 0 spiro atoms. The first-order valence-electron chi connectivity index (χ1n) is 2.56. The highest BCUT2D eigenvalue weighted by Gasteiger charge is 1.91. The maximum atomic E-state index is 8.40. The number of aliphatic hydroxyl groups is 2. The molecule has 0 rings (SSSR count). The van der Waals surface area contributed by atoms with E-state index in [2.05, 4.69) is 10.2 Å². The van der Waals surface area contributed by atoms with Crippen LogP contribution in [-0.2, 0) is 0 Å². The van der Waals surface area contributed by atoms with Gasteiger partial charge in [-0.1, -0.05) is 0 Å². The molecule has 0 fully saturated rings. The van der Waals surface area contributed by atoms with Gasteiger partial charge in [-0.15, -0.1) is 17.5 Å². The van der Waals surface area contributed by atoms with Crippen molar-refractivity contribution in [2.75, 3.05) is 13.2 Å². The lowest BCUT2D eigenvalue weighted by atomic mass is 10.4. The van der Waals surface area contributed by atoms with Crippen molar-refractivity contribution in [2.24, 2.45) is 21.7 Å². The number of nitrogens with two attached hydrogens (primary N) is 2. The minimum absolute atomic E-state index is 0. The number of halogens is 1. The molecule has 0 saturated carbocycles. The van der Waals surface area contributed by atoms with Crippen molar-refractivity contribution in [3.8, 4) is 0 Å². The van der Waals surface area contributed by atoms with Crippen molar-refractivity contribution in [3.05, 3.63) is 0 Å². The Morgan fingerprint density at radius 3 is 1.82 bits per heavy atom. The van der Waals surface area contributed by atoms with E-state index in [1.807, 2.05) is 0 Å². The topological polar surface area (TPSA) is 117 Å². The molecule has 0 saturated heterocycles. The van der Waals surface area contributed by atoms with Crippen molar-refractivity contribution in [1.29, 1.82) is 0 Å². The molecule has 0 aromatic heterocycles. The number of aliphatic hydroxyl groups excluding tert-OH is 2. The first-order valence-corrected chi connectivity index (χ1v) is 2.56. The Morgan fingerprint density at radius 1 is 1.09 bits per heavy atom. The molecule has 11 heavy (non-hydrogen) atoms. The van der Waals surface area contributed by atoms with E-state index in [0.29, 0.717) is 0 Å². The molecule has 0 aromatic carbocycles. The summed E-state index contributed by atoms with van der Waals surface area (Å²) in [5.74, 6) is -0.209. The molecule has 0 aliphatic carbocycles. The van der Waals surface area contributed by atoms with E-state index < -0.39 is 0 Å². The summed E-state index contributed by atoms with van der Waals surface area (Å²) in [7, 11) is 0. The summed E-state index contributed by atoms with van der Waals surface area (Å²) in [5, 5.41) is 23.3. The van der Waals surface area contributed by atoms with Gasteiger partial charge >= 0.3 is 0 Å². The Morgan fingerprint density at radius 2 is 1.55 bits per heavy atom. The van der Waals surface area contributed by atoms with Gasteiger partial charge in [-0.3, -0.25) is 0 Å². The molecule has 6 nitrogen and oxygen atoms in total. The Labute approximate surface area is 70.0 Å². The molecule has 0 bridgehead atoms. The van der Waals surface area contributed by atoms with E-state index in [9.17, 15) is 0 Å². The third-order valence-electron chi connectivity index (χ3n) is 0.672. The normalized spacial score (nSPS) is 7.82. The highest BCUT2D eigenvalue weighted by Crippen LogP contribution is 1.76. The summed E-state index contributed by atoms with van der Waals surface area (Å²) in [6.45, 7) is -0.708. The van der Waals surface area contributed by atoms with Crippen LogP contribution in [0.5, 0.6) is 0 Å². The zero-order valence-corrected chi connectivity index (χ0v) is 6.58. The average molecular weight is 183 g/mol. The van der Waals surface area contributed by atoms with Crippen LogP contribution in [0.1, 0.15) is 0 Å². The van der Waals surface area contributed by atoms with Crippen LogP contribution in [0.4, 0.5) is 0 Å². The van der Waals surface area contributed by atoms with Crippen LogP contribution in [0.25, 0.3) is 0 Å². The van der Waals surface area contributed by atoms with Crippen molar-refractivity contribution < 1.29 is 10.2 Å². The van der Waals surface area contributed by atoms with Crippen LogP contribution >= 0.6 is 12.4 Å². The van der Waals surface area contributed by atoms with E-state index in [-0.39, 0.29) is 37.3 Å². The van der Waals surface area contributed by atoms with Gasteiger partial charge < -0.3 is 21.7 Å². The van der Waals surface area contributed by atoms with Gasteiger partial charge in [-0.05, 0) is 0 Å². The third kappa shape index (κ3) is 7.04. The van der Waals surface area contributed by atoms with Crippen molar-refractivity contribution >= 4 is 24.1 Å². The second-order valence-electron chi connectivity index (χ2n) is 1.51. The lowest BCUT2D eigenvalue weighted by Crippen LogP contribution is -2.22. The summed E-state index contributed by atoms with van der Waals surface area (Å²) < 4.78 is 0. The second-order valence-corrected chi connectivity index (χ2v) is 1.51. The molecule has 66 valence electrons. The van der Waals surface area contributed by atoms with E-state index in [1.54, 1.807) is 0 Å². The minimum Gasteiger partial charge on any atom is -0.390 e. The number of rotatable bonds is 3. The molecule has 0 atom stereocenters. The van der Waals surface area contributed by atoms with Crippen LogP contribution in [0, 0.1) is 0 Å². The zero-order chi connectivity index (χ0) is 7.98. The average Bonchev–Trinajstić information content (AvgIpc) is 1.90. The monoisotopic (exact) mass is 182 g/mol. The first kappa shape index (κ1) is 12.8. The first-order chi connectivity index (χ1) is 4.70. The third-order valence-corrected chi connectivity index (χ3v) is 0.672. The largest absolute Gasteiger partial charge is 0.390 e. The number of guanidine groups is 1. The van der Waals surface area contributed by atoms with Crippen LogP contribution in [0.2, 0.25) is 0 Å². The fraction of sp³-hybridized carbons (Fsp3) is 0.500. The zero-order valence-electron chi connectivity index (χ0n) is 5.77. The van der Waals surface area contributed by atoms with Gasteiger partial charge in [0.25, 0.3) is 0 Å². The standard InChI is InChI=1S/C4H10N4O2.ClH/c5-4(6)8-7-3(1-9)2-10;/h9-10H,1-2H2,(H4,5,6,8);1H. The molecule has 0 aliphatic heterocycles. The summed E-state index contributed by atoms with van der Waals surface area (Å²) in [6.07, 6.45) is 0. The van der Waals surface area contributed by atoms with Gasteiger partial charge in [0.15, 0.2) is 0 Å². The molecule has 0 aliphatic rings. The molecule has 0 radical (unpaired) electrons. The number of nitrogens with zero attached hydrogens (tertiary/aromatic N) is 2. The molecule has 7 heteroatoms. The number of hydrogen-bond acceptors (Lipinski definition) is 4. The highest BCUT2D eigenvalue weighted by atomic mass is 35.5. The van der Waals surface area contributed by atoms with Crippen molar-refractivity contribution in [3.63, 3.8) is 0 Å². The van der Waals surface area contributed by atoms with E-state index in [4.69, 9.17) is 21.7 Å². The quantitative estimate of drug-likeness (QED) is 0.230. The minimum atomic E-state index is -0.354. The Hall–Kier alpha value is -0.850.